The molecule has 0 N–H and O–H groups in total. The molecule has 0 aromatic heterocycles. The molecule has 0 spiro atoms. The molecule has 1 rings (SSSR count). The maximum absolute atomic E-state index is 12.5. The zero-order chi connectivity index (χ0) is 14.0. The van der Waals surface area contributed by atoms with Crippen LogP contribution in [0.4, 0.5) is 13.2 Å². The van der Waals surface area contributed by atoms with E-state index in [0.717, 1.165) is 0 Å². The Morgan fingerprint density at radius 2 is 1.61 bits per heavy atom. The summed E-state index contributed by atoms with van der Waals surface area (Å²) in [6.45, 7) is 5.46. The fourth-order valence-electron chi connectivity index (χ4n) is 1.90. The topological polar surface area (TPSA) is 29.4 Å². The Hall–Kier alpha value is -0.390. The number of halogens is 3. The molecule has 1 unspecified atom stereocenters. The van der Waals surface area contributed by atoms with E-state index >= 15 is 0 Å². The van der Waals surface area contributed by atoms with Crippen molar-refractivity contribution in [2.75, 3.05) is 0 Å². The van der Waals surface area contributed by atoms with Gasteiger partial charge in [0.05, 0.1) is 10.7 Å². The smallest absolute Gasteiger partial charge is 0.234 e. The largest absolute Gasteiger partial charge is 0.391 e. The van der Waals surface area contributed by atoms with Crippen molar-refractivity contribution in [1.82, 2.24) is 0 Å². The summed E-state index contributed by atoms with van der Waals surface area (Å²) in [6, 6.07) is 0. The molecule has 1 fully saturated rings. The summed E-state index contributed by atoms with van der Waals surface area (Å²) in [7, 11) is -1.32. The lowest BCUT2D eigenvalue weighted by Crippen LogP contribution is -2.28. The molecule has 1 aliphatic carbocycles. The molecule has 1 atom stereocenters. The second-order valence-corrected chi connectivity index (χ2v) is 7.70. The van der Waals surface area contributed by atoms with Crippen LogP contribution in [0.5, 0.6) is 0 Å². The molecule has 0 aliphatic heterocycles. The van der Waals surface area contributed by atoms with Gasteiger partial charge in [-0.3, -0.25) is 0 Å². The number of alkyl halides is 3. The van der Waals surface area contributed by atoms with E-state index in [0.29, 0.717) is 12.8 Å². The molecule has 2 nitrogen and oxygen atoms in total. The quantitative estimate of drug-likeness (QED) is 0.707. The van der Waals surface area contributed by atoms with Crippen molar-refractivity contribution in [3.8, 4) is 0 Å². The van der Waals surface area contributed by atoms with E-state index in [1.165, 1.54) is 0 Å². The molecule has 1 saturated carbocycles. The fourth-order valence-corrected chi connectivity index (χ4v) is 2.49. The van der Waals surface area contributed by atoms with Crippen molar-refractivity contribution in [3.63, 3.8) is 0 Å². The van der Waals surface area contributed by atoms with Crippen molar-refractivity contribution >= 4 is 17.2 Å². The van der Waals surface area contributed by atoms with Gasteiger partial charge in [-0.2, -0.15) is 17.6 Å². The third-order valence-electron chi connectivity index (χ3n) is 3.13. The molecule has 0 aromatic carbocycles. The average Bonchev–Trinajstić information content (AvgIpc) is 2.24. The molecule has 1 aliphatic rings. The highest BCUT2D eigenvalue weighted by Gasteiger charge is 2.41. The first-order valence-electron chi connectivity index (χ1n) is 6.13. The maximum atomic E-state index is 12.5. The van der Waals surface area contributed by atoms with Gasteiger partial charge in [0.2, 0.25) is 0 Å². The first-order chi connectivity index (χ1) is 8.10. The van der Waals surface area contributed by atoms with Gasteiger partial charge in [0.1, 0.15) is 11.0 Å². The van der Waals surface area contributed by atoms with Crippen LogP contribution in [0.3, 0.4) is 0 Å². The normalized spacial score (nSPS) is 28.6. The predicted octanol–water partition coefficient (Wildman–Crippen LogP) is 3.89. The SMILES string of the molecule is CC(C)(C)S(=O)N=CC1CCC(C(F)(F)F)CC1. The molecule has 18 heavy (non-hydrogen) atoms. The molecule has 0 aromatic rings. The lowest BCUT2D eigenvalue weighted by molar-refractivity contribution is -0.182. The van der Waals surface area contributed by atoms with Crippen LogP contribution in [0.25, 0.3) is 0 Å². The second kappa shape index (κ2) is 5.72. The van der Waals surface area contributed by atoms with Crippen molar-refractivity contribution in [3.05, 3.63) is 0 Å². The van der Waals surface area contributed by atoms with Crippen LogP contribution >= 0.6 is 0 Å². The van der Waals surface area contributed by atoms with Gasteiger partial charge in [0.25, 0.3) is 0 Å². The summed E-state index contributed by atoms with van der Waals surface area (Å²) in [4.78, 5) is 0. The van der Waals surface area contributed by atoms with Gasteiger partial charge in [0, 0.05) is 6.21 Å². The zero-order valence-electron chi connectivity index (χ0n) is 11.0. The second-order valence-electron chi connectivity index (χ2n) is 5.77. The van der Waals surface area contributed by atoms with Crippen LogP contribution < -0.4 is 0 Å². The third-order valence-corrected chi connectivity index (χ3v) is 4.49. The molecule has 0 heterocycles. The van der Waals surface area contributed by atoms with Crippen LogP contribution in [0.2, 0.25) is 0 Å². The minimum atomic E-state index is -4.07. The summed E-state index contributed by atoms with van der Waals surface area (Å²) in [5.74, 6) is -1.13. The standard InChI is InChI=1S/C12H20F3NOS/c1-11(2,3)18(17)16-8-9-4-6-10(7-5-9)12(13,14)15/h8-10H,4-7H2,1-3H3. The van der Waals surface area contributed by atoms with Gasteiger partial charge in [-0.05, 0) is 52.4 Å². The number of hydrogen-bond acceptors (Lipinski definition) is 1. The van der Waals surface area contributed by atoms with E-state index in [1.54, 1.807) is 6.21 Å². The van der Waals surface area contributed by atoms with Gasteiger partial charge in [-0.25, -0.2) is 4.21 Å². The van der Waals surface area contributed by atoms with Crippen molar-refractivity contribution in [1.29, 1.82) is 0 Å². The molecule has 0 bridgehead atoms. The van der Waals surface area contributed by atoms with E-state index in [-0.39, 0.29) is 18.8 Å². The Labute approximate surface area is 109 Å². The molecular weight excluding hydrogens is 263 g/mol. The van der Waals surface area contributed by atoms with Gasteiger partial charge in [-0.1, -0.05) is 0 Å². The minimum Gasteiger partial charge on any atom is -0.234 e. The Morgan fingerprint density at radius 3 is 2.00 bits per heavy atom. The highest BCUT2D eigenvalue weighted by atomic mass is 32.2. The van der Waals surface area contributed by atoms with Gasteiger partial charge in [-0.15, -0.1) is 0 Å². The molecule has 0 amide bonds. The summed E-state index contributed by atoms with van der Waals surface area (Å²) < 4.78 is 52.6. The molecule has 106 valence electrons. The third kappa shape index (κ3) is 4.71. The molecular formula is C12H20F3NOS. The number of hydrogen-bond donors (Lipinski definition) is 0. The minimum absolute atomic E-state index is 0.0369. The van der Waals surface area contributed by atoms with Crippen LogP contribution in [0.15, 0.2) is 4.40 Å². The number of rotatable bonds is 2. The van der Waals surface area contributed by atoms with Crippen molar-refractivity contribution in [2.45, 2.75) is 57.4 Å². The Kier molecular flexibility index (Phi) is 4.98. The summed E-state index contributed by atoms with van der Waals surface area (Å²) in [6.07, 6.45) is -1.21. The van der Waals surface area contributed by atoms with E-state index in [1.807, 2.05) is 20.8 Å². The van der Waals surface area contributed by atoms with E-state index in [9.17, 15) is 17.4 Å². The van der Waals surface area contributed by atoms with Crippen LogP contribution in [0.1, 0.15) is 46.5 Å². The highest BCUT2D eigenvalue weighted by Crippen LogP contribution is 2.39. The number of nitrogens with zero attached hydrogens (tertiary/aromatic N) is 1. The Bertz CT molecular complexity index is 325. The highest BCUT2D eigenvalue weighted by molar-refractivity contribution is 7.85. The van der Waals surface area contributed by atoms with Crippen LogP contribution in [0, 0.1) is 11.8 Å². The van der Waals surface area contributed by atoms with Gasteiger partial charge in [0.15, 0.2) is 0 Å². The Morgan fingerprint density at radius 1 is 1.11 bits per heavy atom. The molecule has 0 saturated heterocycles. The fraction of sp³-hybridized carbons (Fsp3) is 0.917. The molecule has 0 radical (unpaired) electrons. The zero-order valence-corrected chi connectivity index (χ0v) is 11.8. The van der Waals surface area contributed by atoms with E-state index < -0.39 is 27.8 Å². The van der Waals surface area contributed by atoms with Gasteiger partial charge < -0.3 is 0 Å². The monoisotopic (exact) mass is 283 g/mol. The Balaban J connectivity index is 2.45. The summed E-state index contributed by atoms with van der Waals surface area (Å²) >= 11 is 0. The molecule has 6 heteroatoms. The lowest BCUT2D eigenvalue weighted by atomic mass is 9.82. The lowest BCUT2D eigenvalue weighted by Gasteiger charge is -2.27. The van der Waals surface area contributed by atoms with E-state index in [4.69, 9.17) is 0 Å². The average molecular weight is 283 g/mol. The summed E-state index contributed by atoms with van der Waals surface area (Å²) in [5.41, 5.74) is 0. The summed E-state index contributed by atoms with van der Waals surface area (Å²) in [5, 5.41) is 0. The first kappa shape index (κ1) is 15.7. The maximum Gasteiger partial charge on any atom is 0.391 e. The van der Waals surface area contributed by atoms with Crippen LogP contribution in [-0.4, -0.2) is 21.3 Å². The van der Waals surface area contributed by atoms with Crippen LogP contribution in [-0.2, 0) is 11.0 Å². The van der Waals surface area contributed by atoms with E-state index in [2.05, 4.69) is 4.40 Å². The first-order valence-corrected chi connectivity index (χ1v) is 7.24. The van der Waals surface area contributed by atoms with Crippen molar-refractivity contribution < 1.29 is 17.4 Å². The van der Waals surface area contributed by atoms with Gasteiger partial charge >= 0.3 is 6.18 Å². The predicted molar refractivity (Wildman–Crippen MR) is 67.9 cm³/mol. The van der Waals surface area contributed by atoms with Crippen molar-refractivity contribution in [2.24, 2.45) is 16.2 Å².